The fourth-order valence-electron chi connectivity index (χ4n) is 2.93. The van der Waals surface area contributed by atoms with Crippen LogP contribution in [0.2, 0.25) is 0 Å². The van der Waals surface area contributed by atoms with Crippen LogP contribution < -0.4 is 0 Å². The summed E-state index contributed by atoms with van der Waals surface area (Å²) in [6.07, 6.45) is 1.73. The minimum atomic E-state index is -1.17. The lowest BCUT2D eigenvalue weighted by atomic mass is 9.70. The van der Waals surface area contributed by atoms with Crippen LogP contribution in [0.1, 0.15) is 41.4 Å². The molecule has 1 N–H and O–H groups in total. The van der Waals surface area contributed by atoms with Gasteiger partial charge in [-0.2, -0.15) is 0 Å². The van der Waals surface area contributed by atoms with Gasteiger partial charge in [0, 0.05) is 0 Å². The van der Waals surface area contributed by atoms with E-state index in [-0.39, 0.29) is 10.8 Å². The SMILES string of the molecule is [2H][C@]1(O)C[C@H]2CC[C@]1(C)C2(C)C. The number of rotatable bonds is 0. The van der Waals surface area contributed by atoms with Gasteiger partial charge in [-0.3, -0.25) is 0 Å². The van der Waals surface area contributed by atoms with E-state index in [9.17, 15) is 5.11 Å². The van der Waals surface area contributed by atoms with Gasteiger partial charge in [0.2, 0.25) is 0 Å². The molecule has 64 valence electrons. The van der Waals surface area contributed by atoms with Crippen molar-refractivity contribution in [3.05, 3.63) is 0 Å². The molecule has 3 atom stereocenters. The Kier molecular flexibility index (Phi) is 1.07. The monoisotopic (exact) mass is 155 g/mol. The molecule has 0 aromatic rings. The second-order valence-electron chi connectivity index (χ2n) is 4.94. The fraction of sp³-hybridized carbons (Fsp3) is 1.00. The van der Waals surface area contributed by atoms with Crippen LogP contribution in [0.4, 0.5) is 0 Å². The number of aliphatic hydroxyl groups is 1. The van der Waals surface area contributed by atoms with Gasteiger partial charge in [-0.25, -0.2) is 0 Å². The Balaban J connectivity index is 2.47. The molecule has 2 saturated carbocycles. The standard InChI is InChI=1S/C10H18O/c1-9(2)7-4-5-10(9,3)8(11)6-7/h7-8,11H,4-6H2,1-3H3/t7-,8+,10+/m1/s1/i8D. The van der Waals surface area contributed by atoms with Crippen molar-refractivity contribution in [1.29, 1.82) is 0 Å². The van der Waals surface area contributed by atoms with Crippen molar-refractivity contribution in [2.24, 2.45) is 16.7 Å². The van der Waals surface area contributed by atoms with Gasteiger partial charge >= 0.3 is 0 Å². The van der Waals surface area contributed by atoms with Crippen LogP contribution >= 0.6 is 0 Å². The van der Waals surface area contributed by atoms with Crippen molar-refractivity contribution in [2.45, 2.75) is 46.1 Å². The molecule has 0 aromatic heterocycles. The minimum absolute atomic E-state index is 0.156. The van der Waals surface area contributed by atoms with Gasteiger partial charge in [-0.1, -0.05) is 20.8 Å². The lowest BCUT2D eigenvalue weighted by Gasteiger charge is -2.36. The summed E-state index contributed by atoms with van der Waals surface area (Å²) >= 11 is 0. The van der Waals surface area contributed by atoms with Crippen LogP contribution in [0, 0.1) is 16.7 Å². The maximum absolute atomic E-state index is 9.95. The van der Waals surface area contributed by atoms with Crippen molar-refractivity contribution >= 4 is 0 Å². The molecule has 0 radical (unpaired) electrons. The smallest absolute Gasteiger partial charge is 0.0606 e. The van der Waals surface area contributed by atoms with E-state index < -0.39 is 6.08 Å². The van der Waals surface area contributed by atoms with E-state index in [1.54, 1.807) is 0 Å². The summed E-state index contributed by atoms with van der Waals surface area (Å²) < 4.78 is 7.88. The van der Waals surface area contributed by atoms with Crippen LogP contribution in [-0.4, -0.2) is 11.2 Å². The highest BCUT2D eigenvalue weighted by Crippen LogP contribution is 2.65. The molecule has 2 fully saturated rings. The summed E-state index contributed by atoms with van der Waals surface area (Å²) in [4.78, 5) is 0. The molecule has 0 amide bonds. The highest BCUT2D eigenvalue weighted by molar-refractivity contribution is 5.10. The average Bonchev–Trinajstić information content (AvgIpc) is 2.18. The Morgan fingerprint density at radius 3 is 2.27 bits per heavy atom. The molecule has 2 rings (SSSR count). The van der Waals surface area contributed by atoms with Crippen molar-refractivity contribution in [3.8, 4) is 0 Å². The molecule has 0 unspecified atom stereocenters. The zero-order valence-corrected chi connectivity index (χ0v) is 7.65. The highest BCUT2D eigenvalue weighted by Gasteiger charge is 2.60. The van der Waals surface area contributed by atoms with E-state index >= 15 is 0 Å². The molecule has 1 heteroatoms. The molecule has 11 heavy (non-hydrogen) atoms. The van der Waals surface area contributed by atoms with E-state index in [4.69, 9.17) is 1.37 Å². The molecule has 1 nitrogen and oxygen atoms in total. The van der Waals surface area contributed by atoms with Crippen LogP contribution in [0.25, 0.3) is 0 Å². The second-order valence-corrected chi connectivity index (χ2v) is 4.94. The van der Waals surface area contributed by atoms with E-state index in [0.717, 1.165) is 6.42 Å². The summed E-state index contributed by atoms with van der Waals surface area (Å²) in [5, 5.41) is 9.95. The first kappa shape index (κ1) is 6.47. The Morgan fingerprint density at radius 1 is 1.45 bits per heavy atom. The number of fused-ring (bicyclic) bond motifs is 2. The van der Waals surface area contributed by atoms with Crippen molar-refractivity contribution in [3.63, 3.8) is 0 Å². The van der Waals surface area contributed by atoms with Crippen LogP contribution in [0.15, 0.2) is 0 Å². The van der Waals surface area contributed by atoms with Gasteiger partial charge in [-0.05, 0) is 36.0 Å². The molecule has 0 aliphatic heterocycles. The van der Waals surface area contributed by atoms with E-state index in [2.05, 4.69) is 20.8 Å². The second kappa shape index (κ2) is 1.82. The van der Waals surface area contributed by atoms with Gasteiger partial charge in [0.25, 0.3) is 0 Å². The summed E-state index contributed by atoms with van der Waals surface area (Å²) in [6, 6.07) is 0. The summed E-state index contributed by atoms with van der Waals surface area (Å²) in [7, 11) is 0. The molecule has 0 aromatic carbocycles. The van der Waals surface area contributed by atoms with Gasteiger partial charge < -0.3 is 5.11 Å². The molecule has 0 spiro atoms. The zero-order valence-electron chi connectivity index (χ0n) is 8.65. The third-order valence-electron chi connectivity index (χ3n) is 4.51. The van der Waals surface area contributed by atoms with Crippen LogP contribution in [0.3, 0.4) is 0 Å². The van der Waals surface area contributed by atoms with E-state index in [1.165, 1.54) is 6.42 Å². The quantitative estimate of drug-likeness (QED) is 0.568. The summed E-state index contributed by atoms with van der Waals surface area (Å²) in [5.41, 5.74) is -0.0197. The Morgan fingerprint density at radius 2 is 2.09 bits per heavy atom. The first-order valence-electron chi connectivity index (χ1n) is 5.04. The van der Waals surface area contributed by atoms with Crippen molar-refractivity contribution < 1.29 is 6.48 Å². The molecule has 2 bridgehead atoms. The highest BCUT2D eigenvalue weighted by atomic mass is 16.3. The maximum Gasteiger partial charge on any atom is 0.0606 e. The Hall–Kier alpha value is -0.0400. The summed E-state index contributed by atoms with van der Waals surface area (Å²) in [6.45, 7) is 6.49. The predicted molar refractivity (Wildman–Crippen MR) is 45.2 cm³/mol. The lowest BCUT2D eigenvalue weighted by Crippen LogP contribution is -2.35. The summed E-state index contributed by atoms with van der Waals surface area (Å²) in [5.74, 6) is 0.560. The fourth-order valence-corrected chi connectivity index (χ4v) is 2.93. The van der Waals surface area contributed by atoms with Crippen molar-refractivity contribution in [1.82, 2.24) is 0 Å². The van der Waals surface area contributed by atoms with Gasteiger partial charge in [0.05, 0.1) is 7.45 Å². The van der Waals surface area contributed by atoms with E-state index in [0.29, 0.717) is 12.3 Å². The van der Waals surface area contributed by atoms with E-state index in [1.807, 2.05) is 0 Å². The first-order valence-corrected chi connectivity index (χ1v) is 4.54. The van der Waals surface area contributed by atoms with Gasteiger partial charge in [0.1, 0.15) is 0 Å². The van der Waals surface area contributed by atoms with Crippen LogP contribution in [0.5, 0.6) is 0 Å². The van der Waals surface area contributed by atoms with Crippen LogP contribution in [-0.2, 0) is 0 Å². The maximum atomic E-state index is 9.95. The van der Waals surface area contributed by atoms with Crippen molar-refractivity contribution in [2.75, 3.05) is 0 Å². The number of hydrogen-bond acceptors (Lipinski definition) is 1. The predicted octanol–water partition coefficient (Wildman–Crippen LogP) is 2.19. The van der Waals surface area contributed by atoms with Gasteiger partial charge in [-0.15, -0.1) is 0 Å². The molecule has 2 aliphatic rings. The topological polar surface area (TPSA) is 20.2 Å². The average molecular weight is 155 g/mol. The normalized spacial score (nSPS) is 61.5. The first-order chi connectivity index (χ1) is 5.31. The molecule has 0 heterocycles. The largest absolute Gasteiger partial charge is 0.393 e. The number of hydrogen-bond donors (Lipinski definition) is 1. The Labute approximate surface area is 70.2 Å². The zero-order chi connectivity index (χ0) is 9.20. The molecular formula is C10H18O. The Bertz CT molecular complexity index is 222. The lowest BCUT2D eigenvalue weighted by molar-refractivity contribution is 0.0126. The van der Waals surface area contributed by atoms with Gasteiger partial charge in [0.15, 0.2) is 0 Å². The minimum Gasteiger partial charge on any atom is -0.393 e. The molecule has 0 saturated heterocycles. The third-order valence-corrected chi connectivity index (χ3v) is 4.51. The molecular weight excluding hydrogens is 136 g/mol. The molecule has 2 aliphatic carbocycles. The third kappa shape index (κ3) is 0.658.